The molecule has 1 heteroatoms. The van der Waals surface area contributed by atoms with Crippen molar-refractivity contribution < 1.29 is 4.42 Å². The Morgan fingerprint density at radius 1 is 0.197 bits per heavy atom. The fraction of sp³-hybridized carbons (Fsp3) is 0. The molecule has 0 N–H and O–H groups in total. The predicted molar refractivity (Wildman–Crippen MR) is 303 cm³/mol. The first-order valence-corrected chi connectivity index (χ1v) is 24.8. The Labute approximate surface area is 406 Å². The molecule has 0 spiro atoms. The van der Waals surface area contributed by atoms with E-state index in [-0.39, 0.29) is 0 Å². The van der Waals surface area contributed by atoms with Gasteiger partial charge in [0.05, 0.1) is 0 Å². The minimum Gasteiger partial charge on any atom is -0.455 e. The molecule has 1 heterocycles. The molecule has 1 aliphatic carbocycles. The smallest absolute Gasteiger partial charge is 0.143 e. The molecule has 322 valence electrons. The third kappa shape index (κ3) is 4.41. The first-order valence-electron chi connectivity index (χ1n) is 24.8. The predicted octanol–water partition coefficient (Wildman–Crippen LogP) is 20.1. The molecule has 0 fully saturated rings. The van der Waals surface area contributed by atoms with E-state index in [0.29, 0.717) is 0 Å². The van der Waals surface area contributed by atoms with Gasteiger partial charge in [-0.2, -0.15) is 0 Å². The third-order valence-electron chi connectivity index (χ3n) is 16.8. The lowest BCUT2D eigenvalue weighted by molar-refractivity contribution is 0.670. The Hall–Kier alpha value is -9.30. The zero-order valence-electron chi connectivity index (χ0n) is 38.2. The standard InChI is InChI=1S/C70H36O/c1-2-13-37(14-3-1)39-15-4-5-17-43(39)61-44-18-6-7-19-45(44)65-46-20-8-9-21-47(46)68-67-56-34-33-52-50-29-31-53-57-35-38(40-22-12-23-55-42-16-10-11-24-60(42)71-70(40)55)25-26-41(57)48-27-28-49(63(50)62(48)53)51-30-32-54(66(56)64(51)52)58(67)36-59(61)69(65)68/h1-36H. The van der Waals surface area contributed by atoms with Crippen molar-refractivity contribution in [2.45, 2.75) is 0 Å². The molecular formula is C70H36O. The average Bonchev–Trinajstić information content (AvgIpc) is 4.19. The Morgan fingerprint density at radius 2 is 0.676 bits per heavy atom. The summed E-state index contributed by atoms with van der Waals surface area (Å²) in [4.78, 5) is 0. The number of hydrogen-bond donors (Lipinski definition) is 0. The van der Waals surface area contributed by atoms with E-state index in [2.05, 4.69) is 212 Å². The Balaban J connectivity index is 0.926. The zero-order valence-corrected chi connectivity index (χ0v) is 38.2. The number of rotatable bonds is 3. The van der Waals surface area contributed by atoms with Crippen LogP contribution >= 0.6 is 0 Å². The summed E-state index contributed by atoms with van der Waals surface area (Å²) in [5, 5.41) is 29.1. The van der Waals surface area contributed by atoms with Gasteiger partial charge >= 0.3 is 0 Å². The molecule has 0 radical (unpaired) electrons. The van der Waals surface area contributed by atoms with Gasteiger partial charge in [-0.3, -0.25) is 0 Å². The van der Waals surface area contributed by atoms with Crippen LogP contribution in [0.2, 0.25) is 0 Å². The van der Waals surface area contributed by atoms with Crippen LogP contribution in [0, 0.1) is 0 Å². The highest BCUT2D eigenvalue weighted by molar-refractivity contribution is 6.51. The summed E-state index contributed by atoms with van der Waals surface area (Å²) < 4.78 is 6.54. The number of para-hydroxylation sites is 2. The van der Waals surface area contributed by atoms with Crippen LogP contribution in [0.3, 0.4) is 0 Å². The van der Waals surface area contributed by atoms with E-state index in [4.69, 9.17) is 4.42 Å². The molecule has 0 saturated heterocycles. The number of hydrogen-bond acceptors (Lipinski definition) is 1. The fourth-order valence-corrected chi connectivity index (χ4v) is 14.1. The maximum atomic E-state index is 6.54. The minimum absolute atomic E-state index is 0.923. The quantitative estimate of drug-likeness (QED) is 0.127. The van der Waals surface area contributed by atoms with E-state index in [1.807, 2.05) is 6.07 Å². The van der Waals surface area contributed by atoms with E-state index in [9.17, 15) is 0 Å². The zero-order chi connectivity index (χ0) is 45.8. The van der Waals surface area contributed by atoms with Crippen molar-refractivity contribution in [3.8, 4) is 55.6 Å². The van der Waals surface area contributed by atoms with Crippen LogP contribution in [0.1, 0.15) is 0 Å². The van der Waals surface area contributed by atoms with Gasteiger partial charge in [0.15, 0.2) is 0 Å². The van der Waals surface area contributed by atoms with Gasteiger partial charge < -0.3 is 4.42 Å². The highest BCUT2D eigenvalue weighted by atomic mass is 16.3. The summed E-state index contributed by atoms with van der Waals surface area (Å²) in [7, 11) is 0. The van der Waals surface area contributed by atoms with Gasteiger partial charge in [-0.25, -0.2) is 0 Å². The number of benzene rings is 14. The van der Waals surface area contributed by atoms with Crippen LogP contribution in [0.25, 0.3) is 185 Å². The van der Waals surface area contributed by atoms with E-state index >= 15 is 0 Å². The number of furan rings is 1. The molecular weight excluding hydrogens is 857 g/mol. The first kappa shape index (κ1) is 36.7. The molecule has 18 rings (SSSR count). The monoisotopic (exact) mass is 892 g/mol. The molecule has 71 heavy (non-hydrogen) atoms. The van der Waals surface area contributed by atoms with Crippen molar-refractivity contribution in [2.24, 2.45) is 0 Å². The van der Waals surface area contributed by atoms with Crippen molar-refractivity contribution in [2.75, 3.05) is 0 Å². The van der Waals surface area contributed by atoms with Crippen LogP contribution in [0.15, 0.2) is 223 Å². The minimum atomic E-state index is 0.923. The molecule has 0 unspecified atom stereocenters. The normalized spacial score (nSPS) is 12.8. The van der Waals surface area contributed by atoms with Crippen molar-refractivity contribution in [1.82, 2.24) is 0 Å². The largest absolute Gasteiger partial charge is 0.455 e. The summed E-state index contributed by atoms with van der Waals surface area (Å²) >= 11 is 0. The number of fused-ring (bicyclic) bond motifs is 17. The Morgan fingerprint density at radius 3 is 1.45 bits per heavy atom. The van der Waals surface area contributed by atoms with Gasteiger partial charge in [0.1, 0.15) is 11.2 Å². The highest BCUT2D eigenvalue weighted by Gasteiger charge is 2.29. The van der Waals surface area contributed by atoms with Gasteiger partial charge in [-0.1, -0.05) is 200 Å². The van der Waals surface area contributed by atoms with Crippen molar-refractivity contribution in [3.63, 3.8) is 0 Å². The van der Waals surface area contributed by atoms with E-state index in [1.54, 1.807) is 0 Å². The van der Waals surface area contributed by atoms with Crippen molar-refractivity contribution in [1.29, 1.82) is 0 Å². The second-order valence-electron chi connectivity index (χ2n) is 20.0. The lowest BCUT2D eigenvalue weighted by atomic mass is 9.85. The summed E-state index contributed by atoms with van der Waals surface area (Å²) in [6.45, 7) is 0. The maximum absolute atomic E-state index is 6.54. The molecule has 1 nitrogen and oxygen atoms in total. The molecule has 0 bridgehead atoms. The summed E-state index contributed by atoms with van der Waals surface area (Å²) in [5.41, 5.74) is 14.4. The Bertz CT molecular complexity index is 5190. The van der Waals surface area contributed by atoms with Gasteiger partial charge in [-0.15, -0.1) is 0 Å². The van der Waals surface area contributed by atoms with E-state index in [0.717, 1.165) is 27.5 Å². The van der Waals surface area contributed by atoms with Crippen LogP contribution in [-0.4, -0.2) is 0 Å². The SMILES string of the molecule is c1ccc(-c2ccccc2-c2c3ccccc3c3c4ccccc4c4c5c(cc2c34)c2ccc3c4ccc6c7c(ccc(c8ccc5c2c38)c74)-c2cc(-c3cccc4c3oc3ccccc34)ccc2-6)cc1. The Kier molecular flexibility index (Phi) is 6.65. The second kappa shape index (κ2) is 12.9. The van der Waals surface area contributed by atoms with Gasteiger partial charge in [0, 0.05) is 16.3 Å². The van der Waals surface area contributed by atoms with Gasteiger partial charge in [0.25, 0.3) is 0 Å². The van der Waals surface area contributed by atoms with Crippen LogP contribution in [-0.2, 0) is 0 Å². The molecule has 0 aliphatic heterocycles. The highest BCUT2D eigenvalue weighted by Crippen LogP contribution is 2.57. The lowest BCUT2D eigenvalue weighted by Gasteiger charge is -2.17. The molecule has 1 aliphatic rings. The second-order valence-corrected chi connectivity index (χ2v) is 20.0. The topological polar surface area (TPSA) is 13.1 Å². The lowest BCUT2D eigenvalue weighted by Crippen LogP contribution is -1.90. The van der Waals surface area contributed by atoms with E-state index in [1.165, 1.54) is 158 Å². The summed E-state index contributed by atoms with van der Waals surface area (Å²) in [6.07, 6.45) is 0. The fourth-order valence-electron chi connectivity index (χ4n) is 14.1. The molecule has 1 aromatic heterocycles. The summed E-state index contributed by atoms with van der Waals surface area (Å²) in [5.74, 6) is 0. The maximum Gasteiger partial charge on any atom is 0.143 e. The van der Waals surface area contributed by atoms with Gasteiger partial charge in [0.2, 0.25) is 0 Å². The molecule has 0 atom stereocenters. The van der Waals surface area contributed by atoms with E-state index < -0.39 is 0 Å². The van der Waals surface area contributed by atoms with Crippen molar-refractivity contribution >= 4 is 130 Å². The van der Waals surface area contributed by atoms with Crippen LogP contribution in [0.5, 0.6) is 0 Å². The molecule has 0 saturated carbocycles. The first-order chi connectivity index (χ1) is 35.3. The molecule has 17 aromatic rings. The van der Waals surface area contributed by atoms with Crippen LogP contribution in [0.4, 0.5) is 0 Å². The summed E-state index contributed by atoms with van der Waals surface area (Å²) in [6, 6.07) is 82.2. The average molecular weight is 893 g/mol. The molecule has 16 aromatic carbocycles. The van der Waals surface area contributed by atoms with Crippen LogP contribution < -0.4 is 0 Å². The van der Waals surface area contributed by atoms with Gasteiger partial charge in [-0.05, 0) is 176 Å². The molecule has 0 amide bonds. The third-order valence-corrected chi connectivity index (χ3v) is 16.8. The van der Waals surface area contributed by atoms with Crippen molar-refractivity contribution in [3.05, 3.63) is 218 Å².